The van der Waals surface area contributed by atoms with Crippen molar-refractivity contribution in [2.45, 2.75) is 11.4 Å². The maximum atomic E-state index is 12.5. The molecule has 18 heavy (non-hydrogen) atoms. The lowest BCUT2D eigenvalue weighted by Gasteiger charge is -2.14. The van der Waals surface area contributed by atoms with Gasteiger partial charge < -0.3 is 0 Å². The summed E-state index contributed by atoms with van der Waals surface area (Å²) >= 11 is 5.69. The largest absolute Gasteiger partial charge is 0.416 e. The van der Waals surface area contributed by atoms with E-state index in [1.54, 1.807) is 0 Å². The highest BCUT2D eigenvalue weighted by Gasteiger charge is 2.33. The summed E-state index contributed by atoms with van der Waals surface area (Å²) in [4.78, 5) is 0. The van der Waals surface area contributed by atoms with Gasteiger partial charge in [0.15, 0.2) is 0 Å². The molecule has 0 fully saturated rings. The first kappa shape index (κ1) is 15.3. The van der Waals surface area contributed by atoms with E-state index in [2.05, 4.69) is 6.58 Å². The summed E-state index contributed by atoms with van der Waals surface area (Å²) in [5, 5.41) is -1.62. The van der Waals surface area contributed by atoms with E-state index >= 15 is 0 Å². The standard InChI is InChI=1S/C10H7Cl2F3O2S/c1-2-9(18(12,16)17)7-5-6(10(13,14)15)3-4-8(7)11/h2-5,9H,1H2. The lowest BCUT2D eigenvalue weighted by Crippen LogP contribution is -2.09. The Kier molecular flexibility index (Phi) is 4.35. The molecule has 0 saturated heterocycles. The lowest BCUT2D eigenvalue weighted by molar-refractivity contribution is -0.137. The summed E-state index contributed by atoms with van der Waals surface area (Å²) in [7, 11) is 0.983. The van der Waals surface area contributed by atoms with Crippen molar-refractivity contribution in [1.29, 1.82) is 0 Å². The van der Waals surface area contributed by atoms with Crippen LogP contribution in [0, 0.1) is 0 Å². The fourth-order valence-electron chi connectivity index (χ4n) is 1.33. The van der Waals surface area contributed by atoms with Crippen molar-refractivity contribution in [1.82, 2.24) is 0 Å². The zero-order valence-electron chi connectivity index (χ0n) is 8.71. The van der Waals surface area contributed by atoms with E-state index in [-0.39, 0.29) is 10.6 Å². The van der Waals surface area contributed by atoms with Gasteiger partial charge in [0.25, 0.3) is 0 Å². The van der Waals surface area contributed by atoms with Crippen molar-refractivity contribution in [2.75, 3.05) is 0 Å². The van der Waals surface area contributed by atoms with E-state index < -0.39 is 26.0 Å². The van der Waals surface area contributed by atoms with Crippen LogP contribution in [0.1, 0.15) is 16.4 Å². The van der Waals surface area contributed by atoms with Crippen molar-refractivity contribution in [3.05, 3.63) is 47.0 Å². The average molecular weight is 319 g/mol. The Balaban J connectivity index is 3.45. The Hall–Kier alpha value is -0.720. The first-order valence-electron chi connectivity index (χ1n) is 4.50. The van der Waals surface area contributed by atoms with Gasteiger partial charge in [0.05, 0.1) is 5.56 Å². The van der Waals surface area contributed by atoms with Crippen LogP contribution in [0.5, 0.6) is 0 Å². The highest BCUT2D eigenvalue weighted by Crippen LogP contribution is 2.37. The van der Waals surface area contributed by atoms with Crippen LogP contribution in [0.2, 0.25) is 5.02 Å². The Morgan fingerprint density at radius 3 is 2.28 bits per heavy atom. The SMILES string of the molecule is C=CC(c1cc(C(F)(F)F)ccc1Cl)S(=O)(=O)Cl. The molecule has 0 saturated carbocycles. The fourth-order valence-corrected chi connectivity index (χ4v) is 2.87. The number of rotatable bonds is 3. The third-order valence-electron chi connectivity index (χ3n) is 2.15. The maximum Gasteiger partial charge on any atom is 0.416 e. The molecule has 8 heteroatoms. The van der Waals surface area contributed by atoms with Gasteiger partial charge in [0.1, 0.15) is 5.25 Å². The van der Waals surface area contributed by atoms with Gasteiger partial charge in [0, 0.05) is 15.7 Å². The van der Waals surface area contributed by atoms with E-state index in [0.717, 1.165) is 18.2 Å². The van der Waals surface area contributed by atoms with Crippen LogP contribution >= 0.6 is 22.3 Å². The molecule has 0 spiro atoms. The monoisotopic (exact) mass is 318 g/mol. The molecule has 0 aromatic heterocycles. The Morgan fingerprint density at radius 1 is 1.33 bits per heavy atom. The highest BCUT2D eigenvalue weighted by molar-refractivity contribution is 8.14. The molecular formula is C10H7Cl2F3O2S. The number of halogens is 5. The summed E-state index contributed by atoms with van der Waals surface area (Å²) in [6.45, 7) is 3.23. The van der Waals surface area contributed by atoms with Gasteiger partial charge in [-0.25, -0.2) is 8.42 Å². The first-order chi connectivity index (χ1) is 8.07. The molecule has 1 unspecified atom stereocenters. The van der Waals surface area contributed by atoms with Crippen LogP contribution in [0.4, 0.5) is 13.2 Å². The van der Waals surface area contributed by atoms with Gasteiger partial charge in [-0.3, -0.25) is 0 Å². The molecule has 0 bridgehead atoms. The van der Waals surface area contributed by atoms with Crippen LogP contribution in [0.15, 0.2) is 30.9 Å². The summed E-state index contributed by atoms with van der Waals surface area (Å²) < 4.78 is 60.0. The molecule has 0 amide bonds. The van der Waals surface area contributed by atoms with Crippen molar-refractivity contribution >= 4 is 31.3 Å². The van der Waals surface area contributed by atoms with Gasteiger partial charge in [-0.1, -0.05) is 17.7 Å². The molecule has 0 aliphatic heterocycles. The number of alkyl halides is 3. The molecule has 0 radical (unpaired) electrons. The summed E-state index contributed by atoms with van der Waals surface area (Å²) in [6, 6.07) is 2.37. The van der Waals surface area contributed by atoms with Crippen molar-refractivity contribution < 1.29 is 21.6 Å². The quantitative estimate of drug-likeness (QED) is 0.619. The zero-order valence-corrected chi connectivity index (χ0v) is 11.0. The Labute approximate surface area is 111 Å². The molecule has 1 aromatic rings. The second-order valence-electron chi connectivity index (χ2n) is 3.37. The van der Waals surface area contributed by atoms with Crippen LogP contribution in [0.3, 0.4) is 0 Å². The van der Waals surface area contributed by atoms with Crippen molar-refractivity contribution in [3.63, 3.8) is 0 Å². The summed E-state index contributed by atoms with van der Waals surface area (Å²) in [6.07, 6.45) is -3.68. The molecule has 0 aliphatic rings. The number of hydrogen-bond acceptors (Lipinski definition) is 2. The minimum Gasteiger partial charge on any atom is -0.211 e. The number of benzene rings is 1. The Morgan fingerprint density at radius 2 is 1.89 bits per heavy atom. The smallest absolute Gasteiger partial charge is 0.211 e. The predicted molar refractivity (Wildman–Crippen MR) is 64.2 cm³/mol. The molecule has 1 atom stereocenters. The zero-order chi connectivity index (χ0) is 14.1. The van der Waals surface area contributed by atoms with E-state index in [9.17, 15) is 21.6 Å². The second kappa shape index (κ2) is 5.11. The van der Waals surface area contributed by atoms with Crippen LogP contribution < -0.4 is 0 Å². The fraction of sp³-hybridized carbons (Fsp3) is 0.200. The Bertz CT molecular complexity index is 567. The molecule has 0 heterocycles. The minimum absolute atomic E-state index is 0.128. The van der Waals surface area contributed by atoms with E-state index in [0.29, 0.717) is 6.07 Å². The lowest BCUT2D eigenvalue weighted by atomic mass is 10.1. The van der Waals surface area contributed by atoms with E-state index in [1.807, 2.05) is 0 Å². The van der Waals surface area contributed by atoms with Crippen molar-refractivity contribution in [3.8, 4) is 0 Å². The van der Waals surface area contributed by atoms with Crippen molar-refractivity contribution in [2.24, 2.45) is 0 Å². The summed E-state index contributed by atoms with van der Waals surface area (Å²) in [5.41, 5.74) is -1.26. The van der Waals surface area contributed by atoms with Gasteiger partial charge >= 0.3 is 6.18 Å². The normalized spacial score (nSPS) is 14.3. The van der Waals surface area contributed by atoms with E-state index in [4.69, 9.17) is 22.3 Å². The maximum absolute atomic E-state index is 12.5. The summed E-state index contributed by atoms with van der Waals surface area (Å²) in [5.74, 6) is 0. The van der Waals surface area contributed by atoms with Crippen LogP contribution in [-0.2, 0) is 15.2 Å². The van der Waals surface area contributed by atoms with Crippen LogP contribution in [-0.4, -0.2) is 8.42 Å². The highest BCUT2D eigenvalue weighted by atomic mass is 35.7. The molecule has 100 valence electrons. The topological polar surface area (TPSA) is 34.1 Å². The molecule has 1 aromatic carbocycles. The molecule has 0 aliphatic carbocycles. The van der Waals surface area contributed by atoms with Gasteiger partial charge in [0.2, 0.25) is 9.05 Å². The third kappa shape index (κ3) is 3.40. The molecule has 2 nitrogen and oxygen atoms in total. The van der Waals surface area contributed by atoms with Crippen LogP contribution in [0.25, 0.3) is 0 Å². The van der Waals surface area contributed by atoms with Gasteiger partial charge in [-0.05, 0) is 23.8 Å². The average Bonchev–Trinajstić information content (AvgIpc) is 2.18. The number of hydrogen-bond donors (Lipinski definition) is 0. The predicted octanol–water partition coefficient (Wildman–Crippen LogP) is 4.15. The first-order valence-corrected chi connectivity index (χ1v) is 7.25. The third-order valence-corrected chi connectivity index (χ3v) is 4.12. The second-order valence-corrected chi connectivity index (χ2v) is 6.52. The van der Waals surface area contributed by atoms with E-state index in [1.165, 1.54) is 0 Å². The molecule has 0 N–H and O–H groups in total. The van der Waals surface area contributed by atoms with Gasteiger partial charge in [-0.2, -0.15) is 13.2 Å². The molecule has 1 rings (SSSR count). The van der Waals surface area contributed by atoms with Gasteiger partial charge in [-0.15, -0.1) is 6.58 Å². The minimum atomic E-state index is -4.60. The molecular weight excluding hydrogens is 312 g/mol.